The normalized spacial score (nSPS) is 14.8. The van der Waals surface area contributed by atoms with E-state index < -0.39 is 0 Å². The minimum Gasteiger partial charge on any atom is -0.493 e. The summed E-state index contributed by atoms with van der Waals surface area (Å²) in [5.74, 6) is 1.86. The lowest BCUT2D eigenvalue weighted by molar-refractivity contribution is 0.170. The molecule has 1 aliphatic rings. The summed E-state index contributed by atoms with van der Waals surface area (Å²) in [6.45, 7) is 2.41. The van der Waals surface area contributed by atoms with E-state index in [2.05, 4.69) is 0 Å². The maximum absolute atomic E-state index is 9.25. The fourth-order valence-electron chi connectivity index (χ4n) is 1.51. The number of fused-ring (bicyclic) bond motifs is 1. The van der Waals surface area contributed by atoms with Gasteiger partial charge in [-0.25, -0.2) is 0 Å². The quantitative estimate of drug-likeness (QED) is 0.800. The first-order valence-corrected chi connectivity index (χ1v) is 5.51. The molecule has 0 bridgehead atoms. The summed E-state index contributed by atoms with van der Waals surface area (Å²) in [5.41, 5.74) is 0.652. The van der Waals surface area contributed by atoms with Gasteiger partial charge in [0, 0.05) is 24.2 Å². The van der Waals surface area contributed by atoms with Crippen molar-refractivity contribution in [1.82, 2.24) is 0 Å². The van der Waals surface area contributed by atoms with Crippen LogP contribution in [0.4, 0.5) is 0 Å². The molecule has 2 rings (SSSR count). The molecule has 0 saturated heterocycles. The number of rotatable bonds is 5. The Balaban J connectivity index is 2.15. The molecule has 1 unspecified atom stereocenters. The van der Waals surface area contributed by atoms with Crippen LogP contribution in [0.5, 0.6) is 17.2 Å². The van der Waals surface area contributed by atoms with Gasteiger partial charge in [-0.05, 0) is 6.07 Å². The second kappa shape index (κ2) is 5.25. The highest BCUT2D eigenvalue weighted by Crippen LogP contribution is 2.38. The van der Waals surface area contributed by atoms with E-state index in [0.29, 0.717) is 29.4 Å². The van der Waals surface area contributed by atoms with E-state index >= 15 is 0 Å². The predicted octanol–water partition coefficient (Wildman–Crippen LogP) is 0.915. The molecule has 94 valence electrons. The van der Waals surface area contributed by atoms with Crippen molar-refractivity contribution in [1.29, 1.82) is 0 Å². The van der Waals surface area contributed by atoms with Gasteiger partial charge in [0.2, 0.25) is 6.79 Å². The van der Waals surface area contributed by atoms with Gasteiger partial charge < -0.3 is 24.4 Å². The zero-order valence-corrected chi connectivity index (χ0v) is 9.68. The highest BCUT2D eigenvalue weighted by atomic mass is 16.7. The first-order chi connectivity index (χ1) is 8.24. The third-order valence-electron chi connectivity index (χ3n) is 2.56. The van der Waals surface area contributed by atoms with Crippen LogP contribution < -0.4 is 14.2 Å². The fraction of sp³-hybridized carbons (Fsp3) is 0.500. The molecule has 2 N–H and O–H groups in total. The van der Waals surface area contributed by atoms with Gasteiger partial charge in [-0.3, -0.25) is 0 Å². The Kier molecular flexibility index (Phi) is 3.71. The molecule has 0 aromatic heterocycles. The molecule has 17 heavy (non-hydrogen) atoms. The van der Waals surface area contributed by atoms with Crippen LogP contribution >= 0.6 is 0 Å². The fourth-order valence-corrected chi connectivity index (χ4v) is 1.51. The van der Waals surface area contributed by atoms with E-state index in [1.807, 2.05) is 6.92 Å². The van der Waals surface area contributed by atoms with E-state index in [9.17, 15) is 5.11 Å². The molecular weight excluding hydrogens is 224 g/mol. The van der Waals surface area contributed by atoms with Gasteiger partial charge in [0.25, 0.3) is 0 Å². The second-order valence-corrected chi connectivity index (χ2v) is 4.07. The molecule has 1 aromatic rings. The predicted molar refractivity (Wildman–Crippen MR) is 60.2 cm³/mol. The third kappa shape index (κ3) is 2.62. The van der Waals surface area contributed by atoms with Crippen molar-refractivity contribution in [2.45, 2.75) is 13.5 Å². The van der Waals surface area contributed by atoms with Gasteiger partial charge in [0.05, 0.1) is 13.2 Å². The summed E-state index contributed by atoms with van der Waals surface area (Å²) < 4.78 is 16.0. The van der Waals surface area contributed by atoms with E-state index in [-0.39, 0.29) is 25.9 Å². The lowest BCUT2D eigenvalue weighted by atomic mass is 10.1. The Hall–Kier alpha value is -1.46. The summed E-state index contributed by atoms with van der Waals surface area (Å²) in [7, 11) is 0. The highest BCUT2D eigenvalue weighted by Gasteiger charge is 2.18. The first-order valence-electron chi connectivity index (χ1n) is 5.51. The van der Waals surface area contributed by atoms with Crippen LogP contribution in [-0.4, -0.2) is 30.2 Å². The van der Waals surface area contributed by atoms with Gasteiger partial charge in [0.1, 0.15) is 5.75 Å². The number of ether oxygens (including phenoxy) is 3. The lowest BCUT2D eigenvalue weighted by Gasteiger charge is -2.13. The van der Waals surface area contributed by atoms with E-state index in [1.165, 1.54) is 0 Å². The van der Waals surface area contributed by atoms with Crippen LogP contribution in [0.15, 0.2) is 12.1 Å². The maximum Gasteiger partial charge on any atom is 0.231 e. The molecule has 5 nitrogen and oxygen atoms in total. The summed E-state index contributed by atoms with van der Waals surface area (Å²) in [5, 5.41) is 18.2. The number of aliphatic hydroxyl groups is 2. The molecule has 1 heterocycles. The van der Waals surface area contributed by atoms with Crippen molar-refractivity contribution in [2.24, 2.45) is 5.92 Å². The Bertz CT molecular complexity index is 391. The summed E-state index contributed by atoms with van der Waals surface area (Å²) in [6, 6.07) is 3.42. The second-order valence-electron chi connectivity index (χ2n) is 4.07. The Morgan fingerprint density at radius 3 is 2.65 bits per heavy atom. The van der Waals surface area contributed by atoms with Crippen LogP contribution in [-0.2, 0) is 6.61 Å². The maximum atomic E-state index is 9.25. The lowest BCUT2D eigenvalue weighted by Crippen LogP contribution is -2.13. The van der Waals surface area contributed by atoms with Crippen LogP contribution in [0, 0.1) is 5.92 Å². The summed E-state index contributed by atoms with van der Waals surface area (Å²) in [4.78, 5) is 0. The van der Waals surface area contributed by atoms with Gasteiger partial charge in [-0.15, -0.1) is 0 Å². The Morgan fingerprint density at radius 2 is 2.00 bits per heavy atom. The molecule has 0 fully saturated rings. The van der Waals surface area contributed by atoms with Crippen LogP contribution in [0.25, 0.3) is 0 Å². The SMILES string of the molecule is CC(CO)COc1cc2c(cc1CO)OCO2. The number of hydrogen-bond donors (Lipinski definition) is 2. The van der Waals surface area contributed by atoms with Crippen molar-refractivity contribution in [3.63, 3.8) is 0 Å². The smallest absolute Gasteiger partial charge is 0.231 e. The molecule has 1 atom stereocenters. The molecule has 0 saturated carbocycles. The van der Waals surface area contributed by atoms with Crippen molar-refractivity contribution in [3.05, 3.63) is 17.7 Å². The molecule has 0 amide bonds. The van der Waals surface area contributed by atoms with E-state index in [0.717, 1.165) is 0 Å². The number of benzene rings is 1. The van der Waals surface area contributed by atoms with Crippen LogP contribution in [0.3, 0.4) is 0 Å². The zero-order valence-electron chi connectivity index (χ0n) is 9.68. The molecule has 1 aromatic carbocycles. The van der Waals surface area contributed by atoms with Gasteiger partial charge in [-0.2, -0.15) is 0 Å². The summed E-state index contributed by atoms with van der Waals surface area (Å²) >= 11 is 0. The largest absolute Gasteiger partial charge is 0.493 e. The zero-order chi connectivity index (χ0) is 12.3. The molecule has 1 aliphatic heterocycles. The Morgan fingerprint density at radius 1 is 1.29 bits per heavy atom. The molecule has 0 spiro atoms. The number of hydrogen-bond acceptors (Lipinski definition) is 5. The Labute approximate surface area is 99.5 Å². The van der Waals surface area contributed by atoms with Crippen LogP contribution in [0.1, 0.15) is 12.5 Å². The number of aliphatic hydroxyl groups excluding tert-OH is 2. The van der Waals surface area contributed by atoms with Crippen molar-refractivity contribution < 1.29 is 24.4 Å². The van der Waals surface area contributed by atoms with E-state index in [1.54, 1.807) is 12.1 Å². The molecule has 0 radical (unpaired) electrons. The van der Waals surface area contributed by atoms with Crippen molar-refractivity contribution in [3.8, 4) is 17.2 Å². The third-order valence-corrected chi connectivity index (χ3v) is 2.56. The first kappa shape index (κ1) is 12.0. The van der Waals surface area contributed by atoms with Crippen molar-refractivity contribution in [2.75, 3.05) is 20.0 Å². The summed E-state index contributed by atoms with van der Waals surface area (Å²) in [6.07, 6.45) is 0. The average Bonchev–Trinajstić information content (AvgIpc) is 2.81. The van der Waals surface area contributed by atoms with Gasteiger partial charge in [-0.1, -0.05) is 6.92 Å². The molecule has 5 heteroatoms. The minimum atomic E-state index is -0.126. The van der Waals surface area contributed by atoms with Crippen molar-refractivity contribution >= 4 is 0 Å². The molecule has 0 aliphatic carbocycles. The van der Waals surface area contributed by atoms with Gasteiger partial charge in [0.15, 0.2) is 11.5 Å². The standard InChI is InChI=1S/C12H16O5/c1-8(4-13)6-15-10-3-12-11(16-7-17-12)2-9(10)5-14/h2-3,8,13-14H,4-7H2,1H3. The van der Waals surface area contributed by atoms with Gasteiger partial charge >= 0.3 is 0 Å². The van der Waals surface area contributed by atoms with Crippen LogP contribution in [0.2, 0.25) is 0 Å². The topological polar surface area (TPSA) is 68.2 Å². The molecular formula is C12H16O5. The monoisotopic (exact) mass is 240 g/mol. The minimum absolute atomic E-state index is 0.0481. The highest BCUT2D eigenvalue weighted by molar-refractivity contribution is 5.51. The van der Waals surface area contributed by atoms with E-state index in [4.69, 9.17) is 19.3 Å². The average molecular weight is 240 g/mol.